The Morgan fingerprint density at radius 1 is 1.18 bits per heavy atom. The molecule has 1 amide bonds. The number of amides is 1. The summed E-state index contributed by atoms with van der Waals surface area (Å²) in [7, 11) is 0. The van der Waals surface area contributed by atoms with Crippen molar-refractivity contribution in [2.45, 2.75) is 19.4 Å². The molecular weight excluding hydrogens is 392 g/mol. The van der Waals surface area contributed by atoms with Crippen LogP contribution >= 0.6 is 23.6 Å². The first-order chi connectivity index (χ1) is 13.5. The van der Waals surface area contributed by atoms with E-state index in [1.807, 2.05) is 36.4 Å². The zero-order chi connectivity index (χ0) is 19.8. The lowest BCUT2D eigenvalue weighted by molar-refractivity contribution is -0.120. The standard InChI is InChI=1S/C21H16N2O3S2/c1-12(24)16(11-13-7-3-2-4-8-13)23-20(26)18(28-21(23)27)17-14-9-5-6-10-15(14)22-19(17)25/h2-10,16,26H,11H2,1H3. The van der Waals surface area contributed by atoms with Crippen LogP contribution in [0.5, 0.6) is 5.88 Å². The molecule has 3 aromatic rings. The monoisotopic (exact) mass is 408 g/mol. The number of aromatic hydroxyl groups is 1. The predicted molar refractivity (Wildman–Crippen MR) is 109 cm³/mol. The van der Waals surface area contributed by atoms with E-state index >= 15 is 0 Å². The number of ketones is 1. The third-order valence-corrected chi connectivity index (χ3v) is 6.12. The van der Waals surface area contributed by atoms with Crippen LogP contribution in [0.3, 0.4) is 0 Å². The zero-order valence-corrected chi connectivity index (χ0v) is 16.6. The van der Waals surface area contributed by atoms with Crippen LogP contribution in [0.15, 0.2) is 59.6 Å². The third kappa shape index (κ3) is 3.12. The highest BCUT2D eigenvalue weighted by atomic mass is 32.1. The van der Waals surface area contributed by atoms with Gasteiger partial charge < -0.3 is 5.11 Å². The Bertz CT molecular complexity index is 1270. The summed E-state index contributed by atoms with van der Waals surface area (Å²) < 4.78 is 1.79. The quantitative estimate of drug-likeness (QED) is 0.659. The maximum absolute atomic E-state index is 12.5. The van der Waals surface area contributed by atoms with E-state index in [4.69, 9.17) is 12.2 Å². The smallest absolute Gasteiger partial charge is 0.279 e. The molecule has 5 nitrogen and oxygen atoms in total. The molecule has 2 heterocycles. The minimum absolute atomic E-state index is 0.118. The lowest BCUT2D eigenvalue weighted by Crippen LogP contribution is -2.22. The Morgan fingerprint density at radius 3 is 2.57 bits per heavy atom. The number of rotatable bonds is 5. The number of thiazole rings is 1. The molecule has 0 radical (unpaired) electrons. The summed E-state index contributed by atoms with van der Waals surface area (Å²) in [5.41, 5.74) is 1.28. The number of fused-ring (bicyclic) bond motifs is 1. The summed E-state index contributed by atoms with van der Waals surface area (Å²) >= 11 is 6.58. The van der Waals surface area contributed by atoms with Crippen molar-refractivity contribution >= 4 is 40.8 Å². The number of aromatic nitrogens is 1. The largest absolute Gasteiger partial charge is 0.493 e. The Hall–Kier alpha value is -2.90. The van der Waals surface area contributed by atoms with Crippen LogP contribution in [0.4, 0.5) is 0 Å². The van der Waals surface area contributed by atoms with E-state index in [-0.39, 0.29) is 11.7 Å². The SMILES string of the molecule is CC(=O)C(Cc1ccccc1)n1c(O)c(C2=c3ccccc3=NC2=O)sc1=S. The van der Waals surface area contributed by atoms with E-state index in [9.17, 15) is 14.7 Å². The van der Waals surface area contributed by atoms with Gasteiger partial charge in [0.05, 0.1) is 10.9 Å². The Morgan fingerprint density at radius 2 is 1.86 bits per heavy atom. The summed E-state index contributed by atoms with van der Waals surface area (Å²) in [5, 5.41) is 12.2. The van der Waals surface area contributed by atoms with E-state index in [1.54, 1.807) is 18.2 Å². The molecule has 28 heavy (non-hydrogen) atoms. The molecule has 1 unspecified atom stereocenters. The number of benzene rings is 2. The van der Waals surface area contributed by atoms with Crippen LogP contribution in [-0.2, 0) is 16.0 Å². The molecule has 0 saturated heterocycles. The number of carbonyl (C=O) groups excluding carboxylic acids is 2. The van der Waals surface area contributed by atoms with Crippen molar-refractivity contribution in [2.75, 3.05) is 0 Å². The Kier molecular flexibility index (Phi) is 4.78. The zero-order valence-electron chi connectivity index (χ0n) is 15.0. The first kappa shape index (κ1) is 18.5. The van der Waals surface area contributed by atoms with Crippen LogP contribution in [0.2, 0.25) is 0 Å². The minimum atomic E-state index is -0.649. The summed E-state index contributed by atoms with van der Waals surface area (Å²) in [4.78, 5) is 29.3. The molecule has 2 aromatic carbocycles. The fraction of sp³-hybridized carbons (Fsp3) is 0.143. The van der Waals surface area contributed by atoms with Crippen LogP contribution in [0.1, 0.15) is 23.4 Å². The second-order valence-electron chi connectivity index (χ2n) is 6.52. The molecule has 0 fully saturated rings. The van der Waals surface area contributed by atoms with Crippen molar-refractivity contribution in [3.05, 3.63) is 79.6 Å². The van der Waals surface area contributed by atoms with E-state index in [0.717, 1.165) is 16.9 Å². The Balaban J connectivity index is 1.87. The lowest BCUT2D eigenvalue weighted by atomic mass is 10.0. The minimum Gasteiger partial charge on any atom is -0.493 e. The molecule has 1 aliphatic heterocycles. The topological polar surface area (TPSA) is 71.7 Å². The predicted octanol–water partition coefficient (Wildman–Crippen LogP) is 2.72. The first-order valence-electron chi connectivity index (χ1n) is 8.69. The maximum atomic E-state index is 12.5. The van der Waals surface area contributed by atoms with Crippen molar-refractivity contribution in [3.8, 4) is 5.88 Å². The molecule has 140 valence electrons. The van der Waals surface area contributed by atoms with Crippen molar-refractivity contribution in [3.63, 3.8) is 0 Å². The molecule has 1 atom stereocenters. The van der Waals surface area contributed by atoms with Gasteiger partial charge >= 0.3 is 0 Å². The fourth-order valence-electron chi connectivity index (χ4n) is 3.35. The van der Waals surface area contributed by atoms with Crippen molar-refractivity contribution in [1.29, 1.82) is 0 Å². The summed E-state index contributed by atoms with van der Waals surface area (Å²) in [6.07, 6.45) is 0.401. The van der Waals surface area contributed by atoms with Crippen LogP contribution < -0.4 is 10.6 Å². The second kappa shape index (κ2) is 7.26. The second-order valence-corrected chi connectivity index (χ2v) is 8.16. The number of hydrogen-bond acceptors (Lipinski definition) is 5. The van der Waals surface area contributed by atoms with E-state index < -0.39 is 11.9 Å². The highest BCUT2D eigenvalue weighted by Crippen LogP contribution is 2.36. The molecule has 0 bridgehead atoms. The molecule has 0 spiro atoms. The molecule has 1 N–H and O–H groups in total. The van der Waals surface area contributed by atoms with Gasteiger partial charge in [-0.1, -0.05) is 48.5 Å². The molecule has 0 aliphatic carbocycles. The van der Waals surface area contributed by atoms with E-state index in [2.05, 4.69) is 4.99 Å². The van der Waals surface area contributed by atoms with E-state index in [0.29, 0.717) is 31.4 Å². The van der Waals surface area contributed by atoms with Gasteiger partial charge in [0, 0.05) is 11.6 Å². The highest BCUT2D eigenvalue weighted by molar-refractivity contribution is 7.73. The van der Waals surface area contributed by atoms with E-state index in [1.165, 1.54) is 11.5 Å². The average Bonchev–Trinajstić information content (AvgIpc) is 3.15. The maximum Gasteiger partial charge on any atom is 0.279 e. The fourth-order valence-corrected chi connectivity index (χ4v) is 4.79. The number of Topliss-reactive ketones (excluding diaryl/α,β-unsaturated/α-hetero) is 1. The van der Waals surface area contributed by atoms with Gasteiger partial charge in [-0.25, -0.2) is 4.99 Å². The molecule has 1 aliphatic rings. The molecule has 7 heteroatoms. The third-order valence-electron chi connectivity index (χ3n) is 4.71. The van der Waals surface area contributed by atoms with Gasteiger partial charge in [-0.05, 0) is 30.8 Å². The molecule has 0 saturated carbocycles. The van der Waals surface area contributed by atoms with Crippen molar-refractivity contribution in [1.82, 2.24) is 4.57 Å². The normalized spacial score (nSPS) is 13.9. The summed E-state index contributed by atoms with van der Waals surface area (Å²) in [6, 6.07) is 16.1. The number of para-hydroxylation sites is 1. The molecular formula is C21H16N2O3S2. The number of nitrogens with zero attached hydrogens (tertiary/aromatic N) is 2. The number of carbonyl (C=O) groups is 2. The van der Waals surface area contributed by atoms with Gasteiger partial charge in [-0.2, -0.15) is 0 Å². The summed E-state index contributed by atoms with van der Waals surface area (Å²) in [6.45, 7) is 1.48. The van der Waals surface area contributed by atoms with Gasteiger partial charge in [0.1, 0.15) is 10.9 Å². The lowest BCUT2D eigenvalue weighted by Gasteiger charge is -2.17. The van der Waals surface area contributed by atoms with Gasteiger partial charge in [0.2, 0.25) is 5.88 Å². The molecule has 4 rings (SSSR count). The van der Waals surface area contributed by atoms with Crippen LogP contribution in [0, 0.1) is 3.95 Å². The van der Waals surface area contributed by atoms with Gasteiger partial charge in [0.15, 0.2) is 9.74 Å². The first-order valence-corrected chi connectivity index (χ1v) is 9.91. The van der Waals surface area contributed by atoms with Gasteiger partial charge in [-0.3, -0.25) is 14.2 Å². The van der Waals surface area contributed by atoms with Crippen LogP contribution in [-0.4, -0.2) is 21.4 Å². The highest BCUT2D eigenvalue weighted by Gasteiger charge is 2.29. The Labute approximate surface area is 169 Å². The number of hydrogen-bond donors (Lipinski definition) is 1. The average molecular weight is 409 g/mol. The van der Waals surface area contributed by atoms with Crippen molar-refractivity contribution < 1.29 is 14.7 Å². The molecule has 1 aromatic heterocycles. The summed E-state index contributed by atoms with van der Waals surface area (Å²) in [5.74, 6) is -0.698. The van der Waals surface area contributed by atoms with Crippen molar-refractivity contribution in [2.24, 2.45) is 4.99 Å². The van der Waals surface area contributed by atoms with Gasteiger partial charge in [0.25, 0.3) is 5.91 Å². The van der Waals surface area contributed by atoms with Gasteiger partial charge in [-0.15, -0.1) is 11.3 Å². The van der Waals surface area contributed by atoms with Crippen LogP contribution in [0.25, 0.3) is 5.57 Å².